The Morgan fingerprint density at radius 1 is 1.00 bits per heavy atom. The molecule has 2 atom stereocenters. The van der Waals surface area contributed by atoms with Crippen LogP contribution in [0.25, 0.3) is 0 Å². The van der Waals surface area contributed by atoms with Crippen LogP contribution in [0.15, 0.2) is 96.2 Å². The number of carbonyl (C=O) groups is 2. The van der Waals surface area contributed by atoms with E-state index >= 15 is 0 Å². The van der Waals surface area contributed by atoms with Crippen molar-refractivity contribution in [3.8, 4) is 0 Å². The number of carbonyl (C=O) groups excluding carboxylic acids is 2. The number of benzene rings is 3. The van der Waals surface area contributed by atoms with E-state index in [9.17, 15) is 14.0 Å². The average molecular weight is 604 g/mol. The van der Waals surface area contributed by atoms with Gasteiger partial charge in [-0.1, -0.05) is 90.1 Å². The number of amides is 2. The molecule has 0 bridgehead atoms. The molecule has 216 valence electrons. The molecular weight excluding hydrogens is 573 g/mol. The molecule has 1 aromatic heterocycles. The summed E-state index contributed by atoms with van der Waals surface area (Å²) in [4.78, 5) is 38.8. The highest BCUT2D eigenvalue weighted by molar-refractivity contribution is 7.99. The Bertz CT molecular complexity index is 1530. The van der Waals surface area contributed by atoms with E-state index in [1.54, 1.807) is 17.0 Å². The SMILES string of the molecule is CC1CN(c2cc(Cl)nc(SCC(=O)NC(Cc3ccccc3)c3ccccc3)n2)CCN1C(=O)c1cccc(F)c1. The highest BCUT2D eigenvalue weighted by Crippen LogP contribution is 2.25. The van der Waals surface area contributed by atoms with Gasteiger partial charge in [0.05, 0.1) is 11.8 Å². The third-order valence-electron chi connectivity index (χ3n) is 7.10. The van der Waals surface area contributed by atoms with Crippen molar-refractivity contribution in [2.45, 2.75) is 30.6 Å². The van der Waals surface area contributed by atoms with Crippen molar-refractivity contribution in [2.24, 2.45) is 0 Å². The Kier molecular flexibility index (Phi) is 9.71. The van der Waals surface area contributed by atoms with Crippen LogP contribution in [-0.2, 0) is 11.2 Å². The first-order chi connectivity index (χ1) is 20.4. The third-order valence-corrected chi connectivity index (χ3v) is 8.14. The lowest BCUT2D eigenvalue weighted by atomic mass is 9.99. The number of anilines is 1. The monoisotopic (exact) mass is 603 g/mol. The van der Waals surface area contributed by atoms with Crippen LogP contribution in [0.2, 0.25) is 5.15 Å². The van der Waals surface area contributed by atoms with Gasteiger partial charge >= 0.3 is 0 Å². The Labute approximate surface area is 254 Å². The zero-order valence-electron chi connectivity index (χ0n) is 23.1. The Hall–Kier alpha value is -3.95. The maximum Gasteiger partial charge on any atom is 0.254 e. The third kappa shape index (κ3) is 7.66. The van der Waals surface area contributed by atoms with Gasteiger partial charge in [0.2, 0.25) is 5.91 Å². The molecule has 0 saturated carbocycles. The van der Waals surface area contributed by atoms with Crippen LogP contribution in [0.4, 0.5) is 10.2 Å². The van der Waals surface area contributed by atoms with E-state index in [1.165, 1.54) is 30.0 Å². The van der Waals surface area contributed by atoms with Crippen molar-refractivity contribution in [1.82, 2.24) is 20.2 Å². The number of nitrogens with one attached hydrogen (secondary N) is 1. The summed E-state index contributed by atoms with van der Waals surface area (Å²) in [6.45, 7) is 3.45. The largest absolute Gasteiger partial charge is 0.353 e. The molecule has 10 heteroatoms. The predicted molar refractivity (Wildman–Crippen MR) is 164 cm³/mol. The normalized spacial score (nSPS) is 15.7. The summed E-state index contributed by atoms with van der Waals surface area (Å²) in [5.41, 5.74) is 2.50. The Balaban J connectivity index is 1.21. The van der Waals surface area contributed by atoms with Crippen LogP contribution in [0.3, 0.4) is 0 Å². The van der Waals surface area contributed by atoms with Gasteiger partial charge in [-0.25, -0.2) is 14.4 Å². The molecule has 5 rings (SSSR count). The second-order valence-electron chi connectivity index (χ2n) is 10.1. The molecule has 3 aromatic carbocycles. The molecule has 1 N–H and O–H groups in total. The summed E-state index contributed by atoms with van der Waals surface area (Å²) >= 11 is 7.58. The number of halogens is 2. The predicted octanol–water partition coefficient (Wildman–Crippen LogP) is 5.81. The van der Waals surface area contributed by atoms with Gasteiger partial charge in [-0.2, -0.15) is 0 Å². The molecule has 0 radical (unpaired) electrons. The van der Waals surface area contributed by atoms with Gasteiger partial charge in [-0.05, 0) is 42.7 Å². The number of thioether (sulfide) groups is 1. The summed E-state index contributed by atoms with van der Waals surface area (Å²) in [5, 5.41) is 3.84. The standard InChI is InChI=1S/C32H31ClFN5O2S/c1-22-20-38(15-16-39(22)31(41)25-13-8-14-26(34)18-25)29-19-28(33)36-32(37-29)42-21-30(40)35-27(24-11-6-3-7-12-24)17-23-9-4-2-5-10-23/h2-14,18-19,22,27H,15-17,20-21H2,1H3,(H,35,40). The molecule has 1 aliphatic heterocycles. The van der Waals surface area contributed by atoms with Crippen LogP contribution in [0, 0.1) is 5.82 Å². The summed E-state index contributed by atoms with van der Waals surface area (Å²) in [6, 6.07) is 27.1. The zero-order valence-corrected chi connectivity index (χ0v) is 24.7. The number of rotatable bonds is 9. The topological polar surface area (TPSA) is 78.4 Å². The lowest BCUT2D eigenvalue weighted by Gasteiger charge is -2.40. The number of aromatic nitrogens is 2. The van der Waals surface area contributed by atoms with Crippen LogP contribution < -0.4 is 10.2 Å². The number of piperazine rings is 1. The first kappa shape index (κ1) is 29.5. The molecule has 1 fully saturated rings. The van der Waals surface area contributed by atoms with Crippen LogP contribution in [0.5, 0.6) is 0 Å². The lowest BCUT2D eigenvalue weighted by Crippen LogP contribution is -2.54. The maximum atomic E-state index is 13.7. The van der Waals surface area contributed by atoms with E-state index in [2.05, 4.69) is 27.4 Å². The van der Waals surface area contributed by atoms with Gasteiger partial charge in [0.25, 0.3) is 5.91 Å². The number of hydrogen-bond donors (Lipinski definition) is 1. The van der Waals surface area contributed by atoms with E-state index in [1.807, 2.05) is 60.4 Å². The van der Waals surface area contributed by atoms with E-state index in [0.29, 0.717) is 42.6 Å². The van der Waals surface area contributed by atoms with Crippen LogP contribution >= 0.6 is 23.4 Å². The van der Waals surface area contributed by atoms with Crippen LogP contribution in [-0.4, -0.2) is 58.1 Å². The molecule has 7 nitrogen and oxygen atoms in total. The van der Waals surface area contributed by atoms with E-state index in [4.69, 9.17) is 11.6 Å². The molecule has 2 amide bonds. The second-order valence-corrected chi connectivity index (χ2v) is 11.5. The van der Waals surface area contributed by atoms with Gasteiger partial charge in [0.1, 0.15) is 16.8 Å². The van der Waals surface area contributed by atoms with Crippen molar-refractivity contribution in [3.05, 3.63) is 119 Å². The minimum absolute atomic E-state index is 0.129. The fourth-order valence-corrected chi connectivity index (χ4v) is 5.91. The molecule has 2 heterocycles. The molecule has 42 heavy (non-hydrogen) atoms. The molecule has 0 spiro atoms. The molecule has 1 aliphatic rings. The van der Waals surface area contributed by atoms with Crippen molar-refractivity contribution >= 4 is 41.0 Å². The second kappa shape index (κ2) is 13.8. The summed E-state index contributed by atoms with van der Waals surface area (Å²) < 4.78 is 13.7. The van der Waals surface area contributed by atoms with Gasteiger partial charge in [0.15, 0.2) is 5.16 Å². The zero-order chi connectivity index (χ0) is 29.5. The highest BCUT2D eigenvalue weighted by atomic mass is 35.5. The quantitative estimate of drug-likeness (QED) is 0.148. The minimum atomic E-state index is -0.437. The van der Waals surface area contributed by atoms with Gasteiger partial charge < -0.3 is 15.1 Å². The smallest absolute Gasteiger partial charge is 0.254 e. The Morgan fingerprint density at radius 3 is 2.45 bits per heavy atom. The molecule has 2 unspecified atom stereocenters. The average Bonchev–Trinajstić information content (AvgIpc) is 3.00. The highest BCUT2D eigenvalue weighted by Gasteiger charge is 2.29. The van der Waals surface area contributed by atoms with Crippen molar-refractivity contribution in [2.75, 3.05) is 30.3 Å². The van der Waals surface area contributed by atoms with Crippen molar-refractivity contribution in [3.63, 3.8) is 0 Å². The van der Waals surface area contributed by atoms with Crippen LogP contribution in [0.1, 0.15) is 34.5 Å². The fraction of sp³-hybridized carbons (Fsp3) is 0.250. The maximum absolute atomic E-state index is 13.7. The number of hydrogen-bond acceptors (Lipinski definition) is 6. The van der Waals surface area contributed by atoms with E-state index < -0.39 is 5.82 Å². The fourth-order valence-electron chi connectivity index (χ4n) is 5.02. The van der Waals surface area contributed by atoms with Gasteiger partial charge in [0, 0.05) is 37.3 Å². The molecule has 0 aliphatic carbocycles. The lowest BCUT2D eigenvalue weighted by molar-refractivity contribution is -0.119. The molecule has 1 saturated heterocycles. The molecular formula is C32H31ClFN5O2S. The van der Waals surface area contributed by atoms with Gasteiger partial charge in [-0.3, -0.25) is 9.59 Å². The van der Waals surface area contributed by atoms with Gasteiger partial charge in [-0.15, -0.1) is 0 Å². The summed E-state index contributed by atoms with van der Waals surface area (Å²) in [7, 11) is 0. The first-order valence-corrected chi connectivity index (χ1v) is 15.1. The molecule has 4 aromatic rings. The van der Waals surface area contributed by atoms with E-state index in [-0.39, 0.29) is 34.8 Å². The minimum Gasteiger partial charge on any atom is -0.353 e. The van der Waals surface area contributed by atoms with Crippen molar-refractivity contribution in [1.29, 1.82) is 0 Å². The van der Waals surface area contributed by atoms with E-state index in [0.717, 1.165) is 11.1 Å². The van der Waals surface area contributed by atoms with Crippen molar-refractivity contribution < 1.29 is 14.0 Å². The Morgan fingerprint density at radius 2 is 1.74 bits per heavy atom. The summed E-state index contributed by atoms with van der Waals surface area (Å²) in [6.07, 6.45) is 0.672. The number of nitrogens with zero attached hydrogens (tertiary/aromatic N) is 4. The summed E-state index contributed by atoms with van der Waals surface area (Å²) in [5.74, 6) is -0.00894. The first-order valence-electron chi connectivity index (χ1n) is 13.7.